The summed E-state index contributed by atoms with van der Waals surface area (Å²) in [5, 5.41) is 3.19. The summed E-state index contributed by atoms with van der Waals surface area (Å²) < 4.78 is 0. The minimum Gasteiger partial charge on any atom is -0.392 e. The van der Waals surface area contributed by atoms with E-state index < -0.39 is 0 Å². The number of nitrogens with two attached hydrogens (primary N) is 1. The first-order valence-electron chi connectivity index (χ1n) is 2.83. The quantitative estimate of drug-likeness (QED) is 0.556. The van der Waals surface area contributed by atoms with Crippen LogP contribution in [0.5, 0.6) is 0 Å². The molecule has 0 aromatic heterocycles. The number of thiocarbonyl (C=S) groups is 1. The lowest BCUT2D eigenvalue weighted by molar-refractivity contribution is 0.765. The van der Waals surface area contributed by atoms with Crippen molar-refractivity contribution in [3.05, 3.63) is 0 Å². The largest absolute Gasteiger partial charge is 0.392 e. The van der Waals surface area contributed by atoms with Gasteiger partial charge in [0.1, 0.15) is 0 Å². The molecule has 0 unspecified atom stereocenters. The van der Waals surface area contributed by atoms with Gasteiger partial charge in [0.2, 0.25) is 0 Å². The van der Waals surface area contributed by atoms with Crippen LogP contribution in [0.2, 0.25) is 0 Å². The molecule has 1 rings (SSSR count). The summed E-state index contributed by atoms with van der Waals surface area (Å²) in [6.07, 6.45) is 2.33. The summed E-state index contributed by atoms with van der Waals surface area (Å²) in [6, 6.07) is 0.324. The van der Waals surface area contributed by atoms with Crippen molar-refractivity contribution in [2.75, 3.05) is 6.54 Å². The van der Waals surface area contributed by atoms with Crippen molar-refractivity contribution in [2.45, 2.75) is 18.9 Å². The minimum absolute atomic E-state index is 0. The van der Waals surface area contributed by atoms with Gasteiger partial charge in [-0.05, 0) is 19.4 Å². The van der Waals surface area contributed by atoms with E-state index in [1.807, 2.05) is 0 Å². The Morgan fingerprint density at radius 1 is 1.67 bits per heavy atom. The van der Waals surface area contributed by atoms with Crippen molar-refractivity contribution < 1.29 is 0 Å². The van der Waals surface area contributed by atoms with Crippen molar-refractivity contribution in [3.63, 3.8) is 0 Å². The first-order chi connectivity index (χ1) is 3.80. The molecule has 1 atom stereocenters. The highest BCUT2D eigenvalue weighted by Crippen LogP contribution is 2.03. The molecule has 4 heteroatoms. The van der Waals surface area contributed by atoms with Gasteiger partial charge in [-0.15, -0.1) is 12.4 Å². The van der Waals surface area contributed by atoms with Crippen LogP contribution in [0.25, 0.3) is 0 Å². The molecule has 1 heterocycles. The van der Waals surface area contributed by atoms with E-state index in [2.05, 4.69) is 5.32 Å². The molecule has 2 nitrogen and oxygen atoms in total. The second kappa shape index (κ2) is 4.04. The molecule has 1 aliphatic heterocycles. The second-order valence-electron chi connectivity index (χ2n) is 2.05. The highest BCUT2D eigenvalue weighted by molar-refractivity contribution is 7.80. The molecule has 3 N–H and O–H groups in total. The zero-order valence-electron chi connectivity index (χ0n) is 5.09. The molecule has 54 valence electrons. The van der Waals surface area contributed by atoms with Crippen molar-refractivity contribution in [1.82, 2.24) is 5.32 Å². The van der Waals surface area contributed by atoms with Gasteiger partial charge < -0.3 is 11.1 Å². The van der Waals surface area contributed by atoms with Crippen molar-refractivity contribution in [3.8, 4) is 0 Å². The molecule has 9 heavy (non-hydrogen) atoms. The highest BCUT2D eigenvalue weighted by atomic mass is 35.5. The molecule has 0 spiro atoms. The third kappa shape index (κ3) is 2.47. The number of halogens is 1. The van der Waals surface area contributed by atoms with Crippen LogP contribution in [0.4, 0.5) is 0 Å². The summed E-state index contributed by atoms with van der Waals surface area (Å²) in [6.45, 7) is 1.07. The summed E-state index contributed by atoms with van der Waals surface area (Å²) in [5.41, 5.74) is 5.37. The summed E-state index contributed by atoms with van der Waals surface area (Å²) in [4.78, 5) is 0.613. The van der Waals surface area contributed by atoms with Gasteiger partial charge in [0, 0.05) is 0 Å². The molecule has 1 aliphatic rings. The second-order valence-corrected chi connectivity index (χ2v) is 2.52. The predicted molar refractivity (Wildman–Crippen MR) is 45.1 cm³/mol. The number of nitrogens with one attached hydrogen (secondary N) is 1. The standard InChI is InChI=1S/C5H10N2S.ClH/c6-5(8)4-2-1-3-7-4;/h4,7H,1-3H2,(H2,6,8);1H/t4-;/m0./s1. The third-order valence-electron chi connectivity index (χ3n) is 1.40. The van der Waals surface area contributed by atoms with Gasteiger partial charge in [0.15, 0.2) is 0 Å². The first-order valence-corrected chi connectivity index (χ1v) is 3.24. The summed E-state index contributed by atoms with van der Waals surface area (Å²) >= 11 is 4.77. The van der Waals surface area contributed by atoms with Crippen LogP contribution in [0.3, 0.4) is 0 Å². The van der Waals surface area contributed by atoms with Crippen LogP contribution >= 0.6 is 24.6 Å². The topological polar surface area (TPSA) is 38.0 Å². The van der Waals surface area contributed by atoms with Crippen LogP contribution in [-0.4, -0.2) is 17.6 Å². The Bertz CT molecular complexity index is 101. The number of hydrogen-bond acceptors (Lipinski definition) is 2. The Kier molecular flexibility index (Phi) is 4.10. The van der Waals surface area contributed by atoms with Crippen LogP contribution in [0.15, 0.2) is 0 Å². The fourth-order valence-corrected chi connectivity index (χ4v) is 1.13. The molecule has 0 aromatic rings. The molecule has 1 saturated heterocycles. The van der Waals surface area contributed by atoms with E-state index in [9.17, 15) is 0 Å². The van der Waals surface area contributed by atoms with E-state index in [4.69, 9.17) is 18.0 Å². The lowest BCUT2D eigenvalue weighted by atomic mass is 10.2. The summed E-state index contributed by atoms with van der Waals surface area (Å²) in [5.74, 6) is 0. The van der Waals surface area contributed by atoms with Crippen molar-refractivity contribution in [2.24, 2.45) is 5.73 Å². The van der Waals surface area contributed by atoms with E-state index in [0.717, 1.165) is 13.0 Å². The SMILES string of the molecule is Cl.NC(=S)[C@@H]1CCCN1. The van der Waals surface area contributed by atoms with Crippen LogP contribution < -0.4 is 11.1 Å². The fraction of sp³-hybridized carbons (Fsp3) is 0.800. The van der Waals surface area contributed by atoms with E-state index in [-0.39, 0.29) is 12.4 Å². The van der Waals surface area contributed by atoms with Gasteiger partial charge in [-0.3, -0.25) is 0 Å². The van der Waals surface area contributed by atoms with Crippen LogP contribution in [0.1, 0.15) is 12.8 Å². The highest BCUT2D eigenvalue weighted by Gasteiger charge is 2.15. The van der Waals surface area contributed by atoms with Gasteiger partial charge in [-0.2, -0.15) is 0 Å². The fourth-order valence-electron chi connectivity index (χ4n) is 0.927. The zero-order valence-corrected chi connectivity index (χ0v) is 6.73. The predicted octanol–water partition coefficient (Wildman–Crippen LogP) is 0.446. The molecular formula is C5H11ClN2S. The molecule has 0 aromatic carbocycles. The Hall–Kier alpha value is 0.140. The first kappa shape index (κ1) is 9.14. The Morgan fingerprint density at radius 2 is 2.33 bits per heavy atom. The zero-order chi connectivity index (χ0) is 5.98. The Labute approximate surface area is 66.6 Å². The smallest absolute Gasteiger partial charge is 0.0899 e. The Balaban J connectivity index is 0.000000640. The molecule has 0 aliphatic carbocycles. The molecule has 0 amide bonds. The van der Waals surface area contributed by atoms with E-state index in [1.54, 1.807) is 0 Å². The molecule has 0 radical (unpaired) electrons. The molecular weight excluding hydrogens is 156 g/mol. The van der Waals surface area contributed by atoms with Gasteiger partial charge in [0.05, 0.1) is 11.0 Å². The number of hydrogen-bond donors (Lipinski definition) is 2. The van der Waals surface area contributed by atoms with Gasteiger partial charge in [-0.25, -0.2) is 0 Å². The van der Waals surface area contributed by atoms with Crippen LogP contribution in [-0.2, 0) is 0 Å². The Morgan fingerprint density at radius 3 is 2.56 bits per heavy atom. The third-order valence-corrected chi connectivity index (χ3v) is 1.69. The minimum atomic E-state index is 0. The van der Waals surface area contributed by atoms with E-state index in [1.165, 1.54) is 6.42 Å². The van der Waals surface area contributed by atoms with Crippen molar-refractivity contribution >= 4 is 29.6 Å². The van der Waals surface area contributed by atoms with Crippen molar-refractivity contribution in [1.29, 1.82) is 0 Å². The molecule has 0 saturated carbocycles. The average Bonchev–Trinajstić information content (AvgIpc) is 2.12. The lowest BCUT2D eigenvalue weighted by Gasteiger charge is -2.04. The maximum atomic E-state index is 5.37. The summed E-state index contributed by atoms with van der Waals surface area (Å²) in [7, 11) is 0. The molecule has 0 bridgehead atoms. The molecule has 1 fully saturated rings. The maximum Gasteiger partial charge on any atom is 0.0899 e. The average molecular weight is 167 g/mol. The van der Waals surface area contributed by atoms with Crippen LogP contribution in [0, 0.1) is 0 Å². The normalized spacial score (nSPS) is 25.1. The van der Waals surface area contributed by atoms with Gasteiger partial charge >= 0.3 is 0 Å². The van der Waals surface area contributed by atoms with Gasteiger partial charge in [0.25, 0.3) is 0 Å². The van der Waals surface area contributed by atoms with E-state index in [0.29, 0.717) is 11.0 Å². The maximum absolute atomic E-state index is 5.37. The van der Waals surface area contributed by atoms with E-state index >= 15 is 0 Å². The monoisotopic (exact) mass is 166 g/mol. The lowest BCUT2D eigenvalue weighted by Crippen LogP contribution is -2.34. The van der Waals surface area contributed by atoms with Gasteiger partial charge in [-0.1, -0.05) is 12.2 Å². The number of rotatable bonds is 1.